The van der Waals surface area contributed by atoms with E-state index >= 15 is 0 Å². The molecule has 3 aromatic carbocycles. The Hall–Kier alpha value is -3.28. The van der Waals surface area contributed by atoms with Crippen LogP contribution in [-0.2, 0) is 14.0 Å². The second-order valence-electron chi connectivity index (χ2n) is 9.86. The van der Waals surface area contributed by atoms with E-state index in [2.05, 4.69) is 5.09 Å². The molecule has 1 fully saturated rings. The summed E-state index contributed by atoms with van der Waals surface area (Å²) in [5.41, 5.74) is 2.51. The maximum absolute atomic E-state index is 14.1. The molecule has 3 aromatic rings. The lowest BCUT2D eigenvalue weighted by molar-refractivity contribution is -0.927. The maximum Gasteiger partial charge on any atom is 0.216 e. The fourth-order valence-electron chi connectivity index (χ4n) is 5.00. The average Bonchev–Trinajstić information content (AvgIpc) is 2.97. The van der Waals surface area contributed by atoms with E-state index in [1.54, 1.807) is 11.6 Å². The number of Topliss-reactive ketones (excluding diaryl/α,β-unsaturated/α-hetero) is 1. The van der Waals surface area contributed by atoms with Crippen LogP contribution >= 0.6 is 7.29 Å². The minimum atomic E-state index is -3.02. The Labute approximate surface area is 224 Å². The normalized spacial score (nSPS) is 18.1. The van der Waals surface area contributed by atoms with Gasteiger partial charge >= 0.3 is 0 Å². The quantitative estimate of drug-likeness (QED) is 0.151. The molecule has 0 amide bonds. The fraction of sp³-hybridized carbons (Fsp3) is 0.258. The molecule has 2 heterocycles. The molecule has 2 aliphatic rings. The van der Waals surface area contributed by atoms with Gasteiger partial charge in [-0.1, -0.05) is 91.0 Å². The summed E-state index contributed by atoms with van der Waals surface area (Å²) in [4.78, 5) is 13.0. The van der Waals surface area contributed by atoms with Gasteiger partial charge in [0.05, 0.1) is 19.8 Å². The number of ketones is 1. The van der Waals surface area contributed by atoms with Crippen LogP contribution in [0.3, 0.4) is 0 Å². The first-order valence-electron chi connectivity index (χ1n) is 13.1. The van der Waals surface area contributed by atoms with E-state index in [-0.39, 0.29) is 5.78 Å². The largest absolute Gasteiger partial charge is 0.456 e. The minimum absolute atomic E-state index is 0.156. The Kier molecular flexibility index (Phi) is 8.35. The number of nitrogens with zero attached hydrogens (tertiary/aromatic N) is 1. The van der Waals surface area contributed by atoms with Crippen molar-refractivity contribution in [3.05, 3.63) is 119 Å². The van der Waals surface area contributed by atoms with Crippen molar-refractivity contribution in [3.8, 4) is 0 Å². The van der Waals surface area contributed by atoms with Crippen LogP contribution in [0, 0.1) is 0 Å². The van der Waals surface area contributed by atoms with E-state index < -0.39 is 7.29 Å². The van der Waals surface area contributed by atoms with Crippen molar-refractivity contribution in [2.45, 2.75) is 6.42 Å². The van der Waals surface area contributed by atoms with Crippen molar-refractivity contribution in [1.82, 2.24) is 5.09 Å². The van der Waals surface area contributed by atoms with E-state index in [0.717, 1.165) is 42.7 Å². The Morgan fingerprint density at radius 2 is 1.32 bits per heavy atom. The third-order valence-electron chi connectivity index (χ3n) is 7.12. The number of rotatable bonds is 10. The molecule has 6 nitrogen and oxygen atoms in total. The molecule has 5 rings (SSSR count). The van der Waals surface area contributed by atoms with Gasteiger partial charge in [0.2, 0.25) is 5.78 Å². The highest BCUT2D eigenvalue weighted by molar-refractivity contribution is 7.68. The van der Waals surface area contributed by atoms with Gasteiger partial charge in [-0.25, -0.2) is 0 Å². The molecule has 0 saturated carbocycles. The third kappa shape index (κ3) is 6.58. The minimum Gasteiger partial charge on any atom is -0.456 e. The molecule has 0 spiro atoms. The molecule has 196 valence electrons. The molecule has 1 N–H and O–H groups in total. The Morgan fingerprint density at radius 1 is 0.789 bits per heavy atom. The van der Waals surface area contributed by atoms with E-state index in [9.17, 15) is 9.36 Å². The van der Waals surface area contributed by atoms with Crippen molar-refractivity contribution >= 4 is 24.6 Å². The Bertz CT molecular complexity index is 1270. The summed E-state index contributed by atoms with van der Waals surface area (Å²) in [6.07, 6.45) is 0.788. The van der Waals surface area contributed by atoms with E-state index in [1.165, 1.54) is 0 Å². The number of quaternary nitrogens is 1. The molecule has 0 aliphatic carbocycles. The van der Waals surface area contributed by atoms with Crippen molar-refractivity contribution in [3.63, 3.8) is 0 Å². The van der Waals surface area contributed by atoms with Gasteiger partial charge in [-0.3, -0.25) is 14.4 Å². The molecule has 1 saturated heterocycles. The van der Waals surface area contributed by atoms with Crippen molar-refractivity contribution in [2.24, 2.45) is 0 Å². The SMILES string of the molecule is O=C(C[N+]1(CCCNP2(=O)C=C(c3ccccc3)OC(c3ccccc3)=C2)CCOCC1)c1ccccc1. The van der Waals surface area contributed by atoms with Crippen LogP contribution in [0.25, 0.3) is 11.5 Å². The lowest BCUT2D eigenvalue weighted by atomic mass is 10.1. The highest BCUT2D eigenvalue weighted by Gasteiger charge is 2.33. The Balaban J connectivity index is 1.29. The van der Waals surface area contributed by atoms with Crippen LogP contribution < -0.4 is 5.09 Å². The van der Waals surface area contributed by atoms with Crippen LogP contribution in [0.2, 0.25) is 0 Å². The lowest BCUT2D eigenvalue weighted by Crippen LogP contribution is -2.58. The van der Waals surface area contributed by atoms with Gasteiger partial charge in [0.15, 0.2) is 7.29 Å². The topological polar surface area (TPSA) is 64.6 Å². The molecule has 0 unspecified atom stereocenters. The smallest absolute Gasteiger partial charge is 0.216 e. The highest BCUT2D eigenvalue weighted by Crippen LogP contribution is 2.53. The van der Waals surface area contributed by atoms with E-state index in [4.69, 9.17) is 9.47 Å². The molecule has 0 bridgehead atoms. The van der Waals surface area contributed by atoms with Gasteiger partial charge in [-0.2, -0.15) is 0 Å². The number of carbonyl (C=O) groups is 1. The predicted molar refractivity (Wildman–Crippen MR) is 151 cm³/mol. The van der Waals surface area contributed by atoms with Crippen LogP contribution in [0.1, 0.15) is 27.9 Å². The second kappa shape index (κ2) is 12.1. The maximum atomic E-state index is 14.1. The number of benzene rings is 3. The average molecular weight is 530 g/mol. The number of ether oxygens (including phenoxy) is 2. The van der Waals surface area contributed by atoms with Crippen molar-refractivity contribution in [1.29, 1.82) is 0 Å². The Morgan fingerprint density at radius 3 is 1.87 bits per heavy atom. The summed E-state index contributed by atoms with van der Waals surface area (Å²) in [6.45, 7) is 4.75. The number of carbonyl (C=O) groups excluding carboxylic acids is 1. The van der Waals surface area contributed by atoms with Gasteiger partial charge in [-0.15, -0.1) is 0 Å². The lowest BCUT2D eigenvalue weighted by Gasteiger charge is -2.41. The molecule has 0 aromatic heterocycles. The van der Waals surface area contributed by atoms with Crippen LogP contribution in [0.15, 0.2) is 103 Å². The molecule has 38 heavy (non-hydrogen) atoms. The first-order chi connectivity index (χ1) is 18.5. The molecule has 7 heteroatoms. The number of hydrogen-bond donors (Lipinski definition) is 1. The monoisotopic (exact) mass is 529 g/mol. The zero-order valence-electron chi connectivity index (χ0n) is 21.5. The van der Waals surface area contributed by atoms with Gasteiger partial charge in [-0.05, 0) is 0 Å². The zero-order valence-corrected chi connectivity index (χ0v) is 22.4. The summed E-state index contributed by atoms with van der Waals surface area (Å²) >= 11 is 0. The number of nitrogens with one attached hydrogen (secondary N) is 1. The first kappa shape index (κ1) is 26.3. The molecule has 2 aliphatic heterocycles. The van der Waals surface area contributed by atoms with Crippen LogP contribution in [0.5, 0.6) is 0 Å². The predicted octanol–water partition coefficient (Wildman–Crippen LogP) is 6.00. The number of morpholine rings is 1. The summed E-state index contributed by atoms with van der Waals surface area (Å²) in [5.74, 6) is 4.80. The summed E-state index contributed by atoms with van der Waals surface area (Å²) in [5, 5.41) is 3.34. The zero-order chi connectivity index (χ0) is 26.3. The second-order valence-corrected chi connectivity index (χ2v) is 12.1. The van der Waals surface area contributed by atoms with Gasteiger partial charge in [0.1, 0.15) is 31.2 Å². The van der Waals surface area contributed by atoms with Crippen molar-refractivity contribution in [2.75, 3.05) is 45.9 Å². The van der Waals surface area contributed by atoms with Crippen LogP contribution in [0.4, 0.5) is 0 Å². The fourth-order valence-corrected chi connectivity index (χ4v) is 6.86. The summed E-state index contributed by atoms with van der Waals surface area (Å²) < 4.78 is 26.6. The van der Waals surface area contributed by atoms with E-state index in [0.29, 0.717) is 42.3 Å². The van der Waals surface area contributed by atoms with Gasteiger partial charge < -0.3 is 14.0 Å². The number of hydrogen-bond acceptors (Lipinski definition) is 4. The molecule has 0 atom stereocenters. The molecular weight excluding hydrogens is 495 g/mol. The highest BCUT2D eigenvalue weighted by atomic mass is 31.2. The van der Waals surface area contributed by atoms with Crippen molar-refractivity contribution < 1.29 is 23.3 Å². The summed E-state index contributed by atoms with van der Waals surface area (Å²) in [7, 11) is -3.02. The van der Waals surface area contributed by atoms with Crippen LogP contribution in [-0.4, -0.2) is 56.2 Å². The van der Waals surface area contributed by atoms with Gasteiger partial charge in [0, 0.05) is 41.3 Å². The standard InChI is InChI=1S/C31H34N2O4P/c34-29(26-11-4-1-5-12-26)23-33(19-21-36-22-20-33)18-10-17-32-38(35)24-30(27-13-6-2-7-14-27)37-31(25-38)28-15-8-3-9-16-28/h1-9,11-16,24-25H,10,17-23H2,(H,32,35)/q+1. The third-order valence-corrected chi connectivity index (χ3v) is 9.07. The molecule has 0 radical (unpaired) electrons. The summed E-state index contributed by atoms with van der Waals surface area (Å²) in [6, 6.07) is 29.0. The van der Waals surface area contributed by atoms with E-state index in [1.807, 2.05) is 91.0 Å². The first-order valence-corrected chi connectivity index (χ1v) is 15.0. The van der Waals surface area contributed by atoms with Gasteiger partial charge in [0.25, 0.3) is 0 Å². The molecular formula is C31H34N2O4P+.